The third-order valence-corrected chi connectivity index (χ3v) is 8.84. The number of hydrogen-bond acceptors (Lipinski definition) is 10. The van der Waals surface area contributed by atoms with Crippen LogP contribution in [0.4, 0.5) is 11.4 Å². The first-order valence-electron chi connectivity index (χ1n) is 29.8. The zero-order valence-electron chi connectivity index (χ0n) is 54.0. The summed E-state index contributed by atoms with van der Waals surface area (Å²) in [5, 5.41) is 7.71. The molecular weight excluding hydrogens is 1030 g/mol. The van der Waals surface area contributed by atoms with Crippen molar-refractivity contribution in [3.05, 3.63) is 188 Å². The zero-order chi connectivity index (χ0) is 61.6. The molecule has 4 aliphatic rings. The molecule has 0 radical (unpaired) electrons. The number of aromatic nitrogens is 3. The number of pyridine rings is 1. The lowest BCUT2D eigenvalue weighted by Gasteiger charge is -2.17. The number of nitrogens with zero attached hydrogens (tertiary/aromatic N) is 3. The highest BCUT2D eigenvalue weighted by molar-refractivity contribution is 5.77. The van der Waals surface area contributed by atoms with Gasteiger partial charge in [-0.25, -0.2) is 0 Å². The molecule has 0 fully saturated rings. The molecular formula is C73H105N5O5. The van der Waals surface area contributed by atoms with Gasteiger partial charge in [-0.3, -0.25) is 15.0 Å². The molecule has 6 heterocycles. The van der Waals surface area contributed by atoms with E-state index in [1.165, 1.54) is 16.6 Å². The molecule has 4 aliphatic heterocycles. The first-order valence-corrected chi connectivity index (χ1v) is 29.8. The van der Waals surface area contributed by atoms with Crippen LogP contribution < -0.4 is 34.3 Å². The number of rotatable bonds is 0. The highest BCUT2D eigenvalue weighted by Gasteiger charge is 2.10. The van der Waals surface area contributed by atoms with E-state index in [1.807, 2.05) is 134 Å². The van der Waals surface area contributed by atoms with Crippen molar-refractivity contribution >= 4 is 39.4 Å². The Morgan fingerprint density at radius 2 is 0.675 bits per heavy atom. The minimum absolute atomic E-state index is 0.360. The van der Waals surface area contributed by atoms with Gasteiger partial charge in [0, 0.05) is 42.8 Å². The Hall–Kier alpha value is -7.59. The van der Waals surface area contributed by atoms with E-state index in [9.17, 15) is 0 Å². The Morgan fingerprint density at radius 3 is 1.12 bits per heavy atom. The Bertz CT molecular complexity index is 2480. The van der Waals surface area contributed by atoms with Crippen LogP contribution in [-0.4, -0.2) is 54.7 Å². The molecule has 0 aliphatic carbocycles. The van der Waals surface area contributed by atoms with E-state index in [1.54, 1.807) is 12.4 Å². The minimum Gasteiger partial charge on any atom is -0.490 e. The van der Waals surface area contributed by atoms with Crippen LogP contribution in [0.15, 0.2) is 182 Å². The summed E-state index contributed by atoms with van der Waals surface area (Å²) in [6.07, 6.45) is 9.47. The molecule has 0 unspecified atom stereocenters. The Morgan fingerprint density at radius 1 is 0.325 bits per heavy atom. The molecule has 12 rings (SSSR count). The molecule has 83 heavy (non-hydrogen) atoms. The molecule has 452 valence electrons. The SMILES string of the molecule is C1=Cc2ccccc2NC1.CC(C)C.CC(C)C.CC(C)C.CC(C)C.CC(C)C.CC(C)C.c1ccc2c(c1)NCCO2.c1ccc2c(c1)OCCO2.c1ccc2c(c1)OCO2.c1ccc2ncccc2c1.c1ccc2nccnc2c1. The minimum atomic E-state index is 0.360. The zero-order valence-corrected chi connectivity index (χ0v) is 54.0. The Kier molecular flexibility index (Phi) is 40.7. The van der Waals surface area contributed by atoms with Gasteiger partial charge in [0.05, 0.1) is 22.2 Å². The van der Waals surface area contributed by atoms with E-state index in [0.717, 1.165) is 106 Å². The van der Waals surface area contributed by atoms with E-state index in [0.29, 0.717) is 20.0 Å². The lowest BCUT2D eigenvalue weighted by molar-refractivity contribution is 0.171. The predicted molar refractivity (Wildman–Crippen MR) is 359 cm³/mol. The van der Waals surface area contributed by atoms with Crippen molar-refractivity contribution in [1.82, 2.24) is 15.0 Å². The smallest absolute Gasteiger partial charge is 0.231 e. The van der Waals surface area contributed by atoms with Gasteiger partial charge >= 0.3 is 0 Å². The van der Waals surface area contributed by atoms with Crippen LogP contribution in [-0.2, 0) is 0 Å². The van der Waals surface area contributed by atoms with Crippen LogP contribution in [0, 0.1) is 35.5 Å². The summed E-state index contributed by atoms with van der Waals surface area (Å²) in [6.45, 7) is 43.3. The van der Waals surface area contributed by atoms with Crippen LogP contribution in [0.5, 0.6) is 28.7 Å². The number of para-hydroxylation sites is 10. The maximum atomic E-state index is 5.36. The second-order valence-electron chi connectivity index (χ2n) is 23.3. The van der Waals surface area contributed by atoms with Crippen molar-refractivity contribution in [2.75, 3.05) is 50.3 Å². The van der Waals surface area contributed by atoms with E-state index < -0.39 is 0 Å². The highest BCUT2D eigenvalue weighted by atomic mass is 16.7. The van der Waals surface area contributed by atoms with Crippen molar-refractivity contribution in [2.45, 2.75) is 125 Å². The summed E-state index contributed by atoms with van der Waals surface area (Å²) in [5.41, 5.74) is 6.59. The fraction of sp³-hybridized carbons (Fsp3) is 0.411. The predicted octanol–water partition coefficient (Wildman–Crippen LogP) is 20.3. The molecule has 10 nitrogen and oxygen atoms in total. The summed E-state index contributed by atoms with van der Waals surface area (Å²) in [4.78, 5) is 12.4. The van der Waals surface area contributed by atoms with Gasteiger partial charge in [0.15, 0.2) is 23.0 Å². The first-order chi connectivity index (χ1) is 39.7. The topological polar surface area (TPSA) is 109 Å². The number of ether oxygens (including phenoxy) is 5. The van der Waals surface area contributed by atoms with Crippen molar-refractivity contribution in [1.29, 1.82) is 0 Å². The fourth-order valence-electron chi connectivity index (χ4n) is 6.01. The van der Waals surface area contributed by atoms with Gasteiger partial charge in [0.25, 0.3) is 0 Å². The maximum absolute atomic E-state index is 5.36. The third-order valence-electron chi connectivity index (χ3n) is 8.84. The van der Waals surface area contributed by atoms with Crippen LogP contribution in [0.25, 0.3) is 28.0 Å². The summed E-state index contributed by atoms with van der Waals surface area (Å²) >= 11 is 0. The molecule has 0 spiro atoms. The molecule has 2 aromatic heterocycles. The number of fused-ring (bicyclic) bond motifs is 6. The molecule has 8 aromatic rings. The highest BCUT2D eigenvalue weighted by Crippen LogP contribution is 2.31. The van der Waals surface area contributed by atoms with E-state index in [-0.39, 0.29) is 0 Å². The molecule has 0 bridgehead atoms. The summed E-state index contributed by atoms with van der Waals surface area (Å²) in [7, 11) is 0. The molecule has 10 heteroatoms. The van der Waals surface area contributed by atoms with Crippen LogP contribution in [0.1, 0.15) is 130 Å². The van der Waals surface area contributed by atoms with Crippen molar-refractivity contribution < 1.29 is 23.7 Å². The molecule has 0 saturated heterocycles. The Labute approximate surface area is 502 Å². The van der Waals surface area contributed by atoms with Crippen molar-refractivity contribution in [3.8, 4) is 28.7 Å². The van der Waals surface area contributed by atoms with Gasteiger partial charge in [-0.1, -0.05) is 228 Å². The van der Waals surface area contributed by atoms with E-state index in [2.05, 4.69) is 193 Å². The van der Waals surface area contributed by atoms with Gasteiger partial charge in [-0.2, -0.15) is 0 Å². The van der Waals surface area contributed by atoms with Crippen LogP contribution in [0.3, 0.4) is 0 Å². The van der Waals surface area contributed by atoms with Crippen LogP contribution >= 0.6 is 0 Å². The van der Waals surface area contributed by atoms with Gasteiger partial charge in [0.1, 0.15) is 25.6 Å². The summed E-state index contributed by atoms with van der Waals surface area (Å²) < 4.78 is 26.1. The van der Waals surface area contributed by atoms with Crippen molar-refractivity contribution in [3.63, 3.8) is 0 Å². The quantitative estimate of drug-likeness (QED) is 0.152. The van der Waals surface area contributed by atoms with Gasteiger partial charge in [-0.05, 0) is 108 Å². The lowest BCUT2D eigenvalue weighted by atomic mass is 10.1. The number of anilines is 2. The van der Waals surface area contributed by atoms with Crippen LogP contribution in [0.2, 0.25) is 0 Å². The molecule has 6 aromatic carbocycles. The molecule has 2 N–H and O–H groups in total. The monoisotopic (exact) mass is 1130 g/mol. The second-order valence-corrected chi connectivity index (χ2v) is 23.3. The summed E-state index contributed by atoms with van der Waals surface area (Å²) in [5.74, 6) is 9.37. The maximum Gasteiger partial charge on any atom is 0.231 e. The average molecular weight is 1130 g/mol. The Balaban J connectivity index is 0.000000463. The summed E-state index contributed by atoms with van der Waals surface area (Å²) in [6, 6.07) is 51.5. The standard InChI is InChI=1S/C9H9N.C9H7N.C8H6N2.C8H9NO.C8H8O2.C7H6O2.6C4H10/c2*1-2-6-9-8(4-1)5-3-7-10-9;3*1-2-4-8-7(3-1)9-5-6-10-8;1-2-4-7-6(3-1)8-5-9-7;6*1-4(2)3/h1-6,10H,7H2;1-7H;1-6H;1-4,9H,5-6H2;1-4H,5-6H2;1-4H,5H2;6*4H,1-3H3. The van der Waals surface area contributed by atoms with E-state index in [4.69, 9.17) is 23.7 Å². The average Bonchev–Trinajstić information content (AvgIpc) is 4.03. The lowest BCUT2D eigenvalue weighted by Crippen LogP contribution is -2.17. The number of nitrogens with one attached hydrogen (secondary N) is 2. The first kappa shape index (κ1) is 73.4. The normalized spacial score (nSPS) is 11.8. The molecule has 0 amide bonds. The molecule has 0 saturated carbocycles. The van der Waals surface area contributed by atoms with Gasteiger partial charge in [0.2, 0.25) is 6.79 Å². The van der Waals surface area contributed by atoms with Gasteiger partial charge in [-0.15, -0.1) is 0 Å². The number of hydrogen-bond donors (Lipinski definition) is 2. The fourth-order valence-corrected chi connectivity index (χ4v) is 6.01. The second kappa shape index (κ2) is 46.0. The largest absolute Gasteiger partial charge is 0.490 e. The third kappa shape index (κ3) is 39.5. The van der Waals surface area contributed by atoms with Crippen molar-refractivity contribution in [2.24, 2.45) is 35.5 Å². The van der Waals surface area contributed by atoms with Gasteiger partial charge < -0.3 is 34.3 Å². The molecule has 0 atom stereocenters. The number of benzene rings is 6. The van der Waals surface area contributed by atoms with E-state index >= 15 is 0 Å².